The molecular formula is C17H24ClN3O2Zn. The Morgan fingerprint density at radius 2 is 1.96 bits per heavy atom. The molecule has 128 valence electrons. The first kappa shape index (κ1) is 21.2. The third-order valence-electron chi connectivity index (χ3n) is 5.23. The summed E-state index contributed by atoms with van der Waals surface area (Å²) in [6.45, 7) is 4.77. The Morgan fingerprint density at radius 3 is 2.54 bits per heavy atom. The smallest absolute Gasteiger partial charge is 0.137 e. The van der Waals surface area contributed by atoms with Crippen molar-refractivity contribution >= 4 is 11.6 Å². The standard InChI is InChI=1S/C17H22ClN3O.H2O.Zn/c1-16(2)8-7-14(9-13-3-5-15(18)6-4-13)17(16,22)10-21-12-19-11-20-21;;/h3-6,11-12,14,22H,7-10H2,1-2H3;1H2;. The molecule has 1 aromatic carbocycles. The van der Waals surface area contributed by atoms with Crippen LogP contribution >= 0.6 is 11.6 Å². The van der Waals surface area contributed by atoms with Gasteiger partial charge in [-0.2, -0.15) is 5.10 Å². The summed E-state index contributed by atoms with van der Waals surface area (Å²) >= 11 is 5.96. The maximum atomic E-state index is 11.5. The number of aliphatic hydroxyl groups is 1. The van der Waals surface area contributed by atoms with Crippen molar-refractivity contribution in [2.75, 3.05) is 0 Å². The van der Waals surface area contributed by atoms with Crippen LogP contribution in [0.4, 0.5) is 0 Å². The third-order valence-corrected chi connectivity index (χ3v) is 5.48. The predicted molar refractivity (Wildman–Crippen MR) is 90.2 cm³/mol. The van der Waals surface area contributed by atoms with Crippen LogP contribution in [0.5, 0.6) is 0 Å². The fraction of sp³-hybridized carbons (Fsp3) is 0.529. The van der Waals surface area contributed by atoms with E-state index in [1.54, 1.807) is 11.0 Å². The predicted octanol–water partition coefficient (Wildman–Crippen LogP) is 2.51. The Balaban J connectivity index is 0.00000144. The number of rotatable bonds is 4. The monoisotopic (exact) mass is 401 g/mol. The zero-order valence-corrected chi connectivity index (χ0v) is 18.0. The Morgan fingerprint density at radius 1 is 1.29 bits per heavy atom. The number of hydrogen-bond acceptors (Lipinski definition) is 3. The van der Waals surface area contributed by atoms with Gasteiger partial charge in [-0.3, -0.25) is 4.68 Å². The maximum Gasteiger partial charge on any atom is 0.137 e. The van der Waals surface area contributed by atoms with Crippen molar-refractivity contribution in [3.8, 4) is 0 Å². The summed E-state index contributed by atoms with van der Waals surface area (Å²) in [6.07, 6.45) is 6.06. The van der Waals surface area contributed by atoms with Gasteiger partial charge in [0.1, 0.15) is 12.7 Å². The van der Waals surface area contributed by atoms with Gasteiger partial charge in [0, 0.05) is 24.5 Å². The molecule has 1 aliphatic rings. The largest absolute Gasteiger partial charge is 0.412 e. The molecule has 1 fully saturated rings. The van der Waals surface area contributed by atoms with Gasteiger partial charge in [0.25, 0.3) is 0 Å². The fourth-order valence-corrected chi connectivity index (χ4v) is 3.75. The first-order chi connectivity index (χ1) is 10.4. The number of hydrogen-bond donors (Lipinski definition) is 1. The van der Waals surface area contributed by atoms with Crippen molar-refractivity contribution in [1.29, 1.82) is 0 Å². The van der Waals surface area contributed by atoms with Crippen LogP contribution in [0.1, 0.15) is 32.3 Å². The molecule has 0 radical (unpaired) electrons. The molecule has 3 N–H and O–H groups in total. The molecule has 0 spiro atoms. The van der Waals surface area contributed by atoms with Gasteiger partial charge >= 0.3 is 0 Å². The van der Waals surface area contributed by atoms with Crippen LogP contribution in [0.25, 0.3) is 0 Å². The van der Waals surface area contributed by atoms with Gasteiger partial charge in [0.05, 0.1) is 12.1 Å². The van der Waals surface area contributed by atoms with Crippen molar-refractivity contribution in [2.45, 2.75) is 45.3 Å². The number of halogens is 1. The molecule has 1 aromatic heterocycles. The minimum absolute atomic E-state index is 0. The van der Waals surface area contributed by atoms with Crippen molar-refractivity contribution in [1.82, 2.24) is 14.8 Å². The van der Waals surface area contributed by atoms with E-state index in [-0.39, 0.29) is 36.3 Å². The van der Waals surface area contributed by atoms with E-state index in [0.717, 1.165) is 24.3 Å². The molecule has 24 heavy (non-hydrogen) atoms. The van der Waals surface area contributed by atoms with E-state index in [9.17, 15) is 5.11 Å². The first-order valence-corrected chi connectivity index (χ1v) is 8.08. The zero-order chi connectivity index (χ0) is 15.8. The van der Waals surface area contributed by atoms with Gasteiger partial charge in [0.15, 0.2) is 0 Å². The summed E-state index contributed by atoms with van der Waals surface area (Å²) in [5, 5.41) is 16.4. The molecule has 5 nitrogen and oxygen atoms in total. The quantitative estimate of drug-likeness (QED) is 0.797. The molecule has 0 amide bonds. The second-order valence-electron chi connectivity index (χ2n) is 6.97. The normalized spacial score (nSPS) is 24.9. The van der Waals surface area contributed by atoms with E-state index in [1.807, 2.05) is 24.3 Å². The molecule has 2 unspecified atom stereocenters. The van der Waals surface area contributed by atoms with Crippen LogP contribution < -0.4 is 0 Å². The van der Waals surface area contributed by atoms with E-state index in [0.29, 0.717) is 6.54 Å². The van der Waals surface area contributed by atoms with Gasteiger partial charge in [0.2, 0.25) is 0 Å². The summed E-state index contributed by atoms with van der Waals surface area (Å²) in [7, 11) is 0. The van der Waals surface area contributed by atoms with E-state index in [1.165, 1.54) is 11.9 Å². The number of nitrogens with zero attached hydrogens (tertiary/aromatic N) is 3. The summed E-state index contributed by atoms with van der Waals surface area (Å²) in [6, 6.07) is 7.91. The van der Waals surface area contributed by atoms with Crippen LogP contribution in [0.15, 0.2) is 36.9 Å². The van der Waals surface area contributed by atoms with Crippen molar-refractivity contribution in [3.63, 3.8) is 0 Å². The molecule has 1 heterocycles. The molecule has 0 saturated heterocycles. The van der Waals surface area contributed by atoms with Gasteiger partial charge in [-0.05, 0) is 48.3 Å². The Kier molecular flexibility index (Phi) is 7.12. The van der Waals surface area contributed by atoms with E-state index >= 15 is 0 Å². The Bertz CT molecular complexity index is 634. The molecule has 7 heteroatoms. The molecule has 3 rings (SSSR count). The van der Waals surface area contributed by atoms with Crippen LogP contribution in [0.2, 0.25) is 5.02 Å². The Hall–Kier alpha value is -0.807. The average Bonchev–Trinajstić information content (AvgIpc) is 3.04. The second kappa shape index (κ2) is 8.05. The Labute approximate surface area is 160 Å². The molecule has 2 aromatic rings. The summed E-state index contributed by atoms with van der Waals surface area (Å²) in [4.78, 5) is 3.99. The fourth-order valence-electron chi connectivity index (χ4n) is 3.62. The van der Waals surface area contributed by atoms with E-state index in [2.05, 4.69) is 23.9 Å². The van der Waals surface area contributed by atoms with Crippen LogP contribution in [-0.2, 0) is 32.4 Å². The summed E-state index contributed by atoms with van der Waals surface area (Å²) < 4.78 is 1.74. The summed E-state index contributed by atoms with van der Waals surface area (Å²) in [5.41, 5.74) is 0.278. The molecule has 2 atom stereocenters. The van der Waals surface area contributed by atoms with E-state index < -0.39 is 5.60 Å². The van der Waals surface area contributed by atoms with Crippen LogP contribution in [0, 0.1) is 11.3 Å². The molecule has 1 saturated carbocycles. The molecular weight excluding hydrogens is 379 g/mol. The van der Waals surface area contributed by atoms with Gasteiger partial charge < -0.3 is 10.6 Å². The van der Waals surface area contributed by atoms with Crippen molar-refractivity contribution in [3.05, 3.63) is 47.5 Å². The molecule has 1 aliphatic carbocycles. The zero-order valence-electron chi connectivity index (χ0n) is 14.2. The van der Waals surface area contributed by atoms with E-state index in [4.69, 9.17) is 11.6 Å². The minimum Gasteiger partial charge on any atom is -0.412 e. The van der Waals surface area contributed by atoms with Crippen LogP contribution in [0.3, 0.4) is 0 Å². The van der Waals surface area contributed by atoms with Gasteiger partial charge in [-0.25, -0.2) is 4.98 Å². The average molecular weight is 403 g/mol. The topological polar surface area (TPSA) is 82.4 Å². The number of aromatic nitrogens is 3. The maximum absolute atomic E-state index is 11.5. The van der Waals surface area contributed by atoms with Crippen LogP contribution in [-0.4, -0.2) is 30.9 Å². The van der Waals surface area contributed by atoms with Gasteiger partial charge in [-0.1, -0.05) is 37.6 Å². The SMILES string of the molecule is CC1(C)CCC(Cc2ccc(Cl)cc2)C1(O)Cn1cncn1.O.[Zn]. The first-order valence-electron chi connectivity index (χ1n) is 7.70. The second-order valence-corrected chi connectivity index (χ2v) is 7.40. The third kappa shape index (κ3) is 4.05. The number of benzene rings is 1. The van der Waals surface area contributed by atoms with Crippen molar-refractivity contribution in [2.24, 2.45) is 11.3 Å². The minimum atomic E-state index is -0.791. The molecule has 0 bridgehead atoms. The van der Waals surface area contributed by atoms with Gasteiger partial charge in [-0.15, -0.1) is 0 Å². The van der Waals surface area contributed by atoms with Crippen molar-refractivity contribution < 1.29 is 30.1 Å². The molecule has 0 aliphatic heterocycles. The summed E-state index contributed by atoms with van der Waals surface area (Å²) in [5.74, 6) is 0.202.